The Bertz CT molecular complexity index is 1130. The second-order valence-electron chi connectivity index (χ2n) is 9.11. The molecule has 1 unspecified atom stereocenters. The summed E-state index contributed by atoms with van der Waals surface area (Å²) in [6.45, 7) is 7.17. The summed E-state index contributed by atoms with van der Waals surface area (Å²) in [4.78, 5) is 35.8. The fourth-order valence-electron chi connectivity index (χ4n) is 4.89. The van der Waals surface area contributed by atoms with Gasteiger partial charge in [0.15, 0.2) is 0 Å². The first kappa shape index (κ1) is 21.5. The average molecular weight is 443 g/mol. The van der Waals surface area contributed by atoms with E-state index in [1.165, 1.54) is 11.1 Å². The van der Waals surface area contributed by atoms with Gasteiger partial charge in [0.05, 0.1) is 11.9 Å². The molecule has 0 N–H and O–H groups in total. The summed E-state index contributed by atoms with van der Waals surface area (Å²) in [5, 5.41) is 0. The summed E-state index contributed by atoms with van der Waals surface area (Å²) in [5.74, 6) is 2.00. The fraction of sp³-hybridized carbons (Fsp3) is 0.423. The third kappa shape index (κ3) is 4.58. The van der Waals surface area contributed by atoms with Crippen molar-refractivity contribution in [2.45, 2.75) is 52.0 Å². The molecule has 0 radical (unpaired) electrons. The number of fused-ring (bicyclic) bond motifs is 1. The van der Waals surface area contributed by atoms with Crippen LogP contribution in [0.3, 0.4) is 0 Å². The van der Waals surface area contributed by atoms with Gasteiger partial charge in [0.1, 0.15) is 17.3 Å². The Balaban J connectivity index is 1.39. The van der Waals surface area contributed by atoms with Crippen LogP contribution < -0.4 is 4.90 Å². The van der Waals surface area contributed by atoms with Crippen molar-refractivity contribution in [1.29, 1.82) is 0 Å². The molecule has 4 heterocycles. The first-order chi connectivity index (χ1) is 16.1. The highest BCUT2D eigenvalue weighted by molar-refractivity contribution is 5.92. The molecule has 2 aliphatic rings. The molecule has 0 bridgehead atoms. The lowest BCUT2D eigenvalue weighted by Crippen LogP contribution is -2.40. The quantitative estimate of drug-likeness (QED) is 0.611. The number of nitrogens with zero attached hydrogens (tertiary/aromatic N) is 6. The highest BCUT2D eigenvalue weighted by Gasteiger charge is 2.30. The van der Waals surface area contributed by atoms with Crippen molar-refractivity contribution >= 4 is 11.7 Å². The molecule has 170 valence electrons. The SMILES string of the molecule is Cc1cnc(C(=O)N2CCCC(c3nc(C)c4c(n3)N(Cc3ccccc3)CCC4)C2)cn1. The van der Waals surface area contributed by atoms with Gasteiger partial charge >= 0.3 is 0 Å². The van der Waals surface area contributed by atoms with Gasteiger partial charge in [-0.05, 0) is 45.1 Å². The highest BCUT2D eigenvalue weighted by Crippen LogP contribution is 2.32. The smallest absolute Gasteiger partial charge is 0.274 e. The number of hydrogen-bond donors (Lipinski definition) is 0. The number of piperidine rings is 1. The van der Waals surface area contributed by atoms with Crippen LogP contribution in [0.5, 0.6) is 0 Å². The van der Waals surface area contributed by atoms with Gasteiger partial charge in [-0.2, -0.15) is 0 Å². The van der Waals surface area contributed by atoms with E-state index in [0.29, 0.717) is 12.2 Å². The summed E-state index contributed by atoms with van der Waals surface area (Å²) in [7, 11) is 0. The number of aryl methyl sites for hydroxylation is 2. The first-order valence-corrected chi connectivity index (χ1v) is 11.8. The summed E-state index contributed by atoms with van der Waals surface area (Å²) in [5.41, 5.74) is 4.83. The molecule has 0 spiro atoms. The number of hydrogen-bond acceptors (Lipinski definition) is 6. The van der Waals surface area contributed by atoms with E-state index in [4.69, 9.17) is 9.97 Å². The van der Waals surface area contributed by atoms with Gasteiger partial charge in [-0.25, -0.2) is 15.0 Å². The van der Waals surface area contributed by atoms with Crippen LogP contribution in [-0.4, -0.2) is 50.4 Å². The van der Waals surface area contributed by atoms with E-state index in [9.17, 15) is 4.79 Å². The van der Waals surface area contributed by atoms with Crippen LogP contribution in [0.25, 0.3) is 0 Å². The lowest BCUT2D eigenvalue weighted by Gasteiger charge is -2.34. The van der Waals surface area contributed by atoms with E-state index < -0.39 is 0 Å². The minimum atomic E-state index is -0.0624. The largest absolute Gasteiger partial charge is 0.352 e. The molecular formula is C26H30N6O. The maximum atomic E-state index is 13.0. The Kier molecular flexibility index (Phi) is 6.03. The molecule has 1 aromatic carbocycles. The van der Waals surface area contributed by atoms with Gasteiger partial charge in [-0.3, -0.25) is 9.78 Å². The van der Waals surface area contributed by atoms with Crippen LogP contribution in [0.15, 0.2) is 42.7 Å². The molecule has 1 saturated heterocycles. The number of rotatable bonds is 4. The van der Waals surface area contributed by atoms with E-state index in [1.54, 1.807) is 12.4 Å². The molecule has 0 saturated carbocycles. The Morgan fingerprint density at radius 1 is 1.03 bits per heavy atom. The van der Waals surface area contributed by atoms with Crippen LogP contribution >= 0.6 is 0 Å². The number of aromatic nitrogens is 4. The van der Waals surface area contributed by atoms with Gasteiger partial charge < -0.3 is 9.80 Å². The molecule has 2 aromatic heterocycles. The van der Waals surface area contributed by atoms with Gasteiger partial charge in [-0.15, -0.1) is 0 Å². The van der Waals surface area contributed by atoms with Gasteiger partial charge in [0.2, 0.25) is 0 Å². The van der Waals surface area contributed by atoms with Crippen LogP contribution in [-0.2, 0) is 13.0 Å². The summed E-state index contributed by atoms with van der Waals surface area (Å²) in [6, 6.07) is 10.6. The van der Waals surface area contributed by atoms with Crippen LogP contribution in [0.2, 0.25) is 0 Å². The first-order valence-electron chi connectivity index (χ1n) is 11.8. The number of likely N-dealkylation sites (tertiary alicyclic amines) is 1. The molecule has 33 heavy (non-hydrogen) atoms. The zero-order valence-electron chi connectivity index (χ0n) is 19.4. The van der Waals surface area contributed by atoms with Crippen molar-refractivity contribution in [1.82, 2.24) is 24.8 Å². The summed E-state index contributed by atoms with van der Waals surface area (Å²) < 4.78 is 0. The molecule has 1 amide bonds. The van der Waals surface area contributed by atoms with E-state index in [2.05, 4.69) is 52.1 Å². The normalized spacial score (nSPS) is 18.2. The summed E-state index contributed by atoms with van der Waals surface area (Å²) >= 11 is 0. The number of anilines is 1. The Hall–Kier alpha value is -3.35. The highest BCUT2D eigenvalue weighted by atomic mass is 16.2. The third-order valence-corrected chi connectivity index (χ3v) is 6.65. The molecular weight excluding hydrogens is 412 g/mol. The number of benzene rings is 1. The minimum Gasteiger partial charge on any atom is -0.352 e. The van der Waals surface area contributed by atoms with Gasteiger partial charge in [0, 0.05) is 49.6 Å². The average Bonchev–Trinajstić information content (AvgIpc) is 2.85. The zero-order valence-corrected chi connectivity index (χ0v) is 19.4. The van der Waals surface area contributed by atoms with Crippen LogP contribution in [0.4, 0.5) is 5.82 Å². The zero-order chi connectivity index (χ0) is 22.8. The molecule has 1 fully saturated rings. The standard InChI is InChI=1S/C26H30N6O/c1-18-14-28-23(15-27-18)26(33)32-13-6-10-21(17-32)24-29-19(2)22-11-7-12-31(25(22)30-24)16-20-8-4-3-5-9-20/h3-5,8-9,14-15,21H,6-7,10-13,16-17H2,1-2H3. The van der Waals surface area contributed by atoms with E-state index in [1.807, 2.05) is 11.8 Å². The van der Waals surface area contributed by atoms with Crippen molar-refractivity contribution in [2.24, 2.45) is 0 Å². The minimum absolute atomic E-state index is 0.0624. The number of carbonyl (C=O) groups excluding carboxylic acids is 1. The van der Waals surface area contributed by atoms with Gasteiger partial charge in [-0.1, -0.05) is 30.3 Å². The number of amides is 1. The molecule has 7 nitrogen and oxygen atoms in total. The molecule has 3 aromatic rings. The van der Waals surface area contributed by atoms with E-state index >= 15 is 0 Å². The molecule has 0 aliphatic carbocycles. The lowest BCUT2D eigenvalue weighted by atomic mass is 9.95. The van der Waals surface area contributed by atoms with Crippen molar-refractivity contribution in [3.05, 3.63) is 76.8 Å². The Morgan fingerprint density at radius 3 is 2.67 bits per heavy atom. The van der Waals surface area contributed by atoms with Crippen molar-refractivity contribution in [3.8, 4) is 0 Å². The van der Waals surface area contributed by atoms with Crippen molar-refractivity contribution in [3.63, 3.8) is 0 Å². The van der Waals surface area contributed by atoms with Crippen molar-refractivity contribution < 1.29 is 4.79 Å². The second-order valence-corrected chi connectivity index (χ2v) is 9.11. The van der Waals surface area contributed by atoms with Crippen LogP contribution in [0, 0.1) is 13.8 Å². The molecule has 1 atom stereocenters. The predicted octanol–water partition coefficient (Wildman–Crippen LogP) is 3.86. The van der Waals surface area contributed by atoms with Crippen molar-refractivity contribution in [2.75, 3.05) is 24.5 Å². The predicted molar refractivity (Wildman–Crippen MR) is 127 cm³/mol. The van der Waals surface area contributed by atoms with Crippen LogP contribution in [0.1, 0.15) is 64.0 Å². The Morgan fingerprint density at radius 2 is 1.88 bits per heavy atom. The maximum absolute atomic E-state index is 13.0. The number of carbonyl (C=O) groups is 1. The molecule has 2 aliphatic heterocycles. The van der Waals surface area contributed by atoms with E-state index in [0.717, 1.165) is 68.3 Å². The molecule has 7 heteroatoms. The third-order valence-electron chi connectivity index (χ3n) is 6.65. The monoisotopic (exact) mass is 442 g/mol. The second kappa shape index (κ2) is 9.25. The Labute approximate surface area is 194 Å². The fourth-order valence-corrected chi connectivity index (χ4v) is 4.89. The topological polar surface area (TPSA) is 75.1 Å². The summed E-state index contributed by atoms with van der Waals surface area (Å²) in [6.07, 6.45) is 7.28. The lowest BCUT2D eigenvalue weighted by molar-refractivity contribution is 0.0698. The molecule has 5 rings (SSSR count). The van der Waals surface area contributed by atoms with Gasteiger partial charge in [0.25, 0.3) is 5.91 Å². The maximum Gasteiger partial charge on any atom is 0.274 e. The van der Waals surface area contributed by atoms with E-state index in [-0.39, 0.29) is 11.8 Å².